The van der Waals surface area contributed by atoms with Crippen molar-refractivity contribution in [3.63, 3.8) is 0 Å². The van der Waals surface area contributed by atoms with E-state index in [-0.39, 0.29) is 5.91 Å². The van der Waals surface area contributed by atoms with E-state index in [1.165, 1.54) is 6.33 Å². The van der Waals surface area contributed by atoms with Crippen LogP contribution in [-0.4, -0.2) is 23.0 Å². The highest BCUT2D eigenvalue weighted by Crippen LogP contribution is 2.21. The van der Waals surface area contributed by atoms with E-state index in [0.717, 1.165) is 28.3 Å². The fourth-order valence-electron chi connectivity index (χ4n) is 3.11. The minimum absolute atomic E-state index is 0.146. The van der Waals surface area contributed by atoms with Gasteiger partial charge in [0.2, 0.25) is 0 Å². The maximum atomic E-state index is 12.6. The van der Waals surface area contributed by atoms with Crippen molar-refractivity contribution in [2.24, 2.45) is 0 Å². The lowest BCUT2D eigenvalue weighted by Gasteiger charge is -2.10. The molecule has 0 bridgehead atoms. The fraction of sp³-hybridized carbons (Fsp3) is 0.0800. The van der Waals surface area contributed by atoms with E-state index in [1.54, 1.807) is 19.2 Å². The summed E-state index contributed by atoms with van der Waals surface area (Å²) in [4.78, 5) is 21.2. The second-order valence-corrected chi connectivity index (χ2v) is 6.89. The minimum Gasteiger partial charge on any atom is -0.497 e. The molecule has 0 aliphatic heterocycles. The molecule has 6 heteroatoms. The maximum Gasteiger partial charge on any atom is 0.251 e. The van der Waals surface area contributed by atoms with Gasteiger partial charge in [-0.25, -0.2) is 9.97 Å². The standard InChI is InChI=1S/C25H22N4O2/c1-31-22-12-10-18(11-13-22)16-26-25(30)20-8-5-9-21(14-20)29-24-15-23(27-17-28-24)19-6-3-2-4-7-19/h2-15,17H,16H2,1H3,(H,26,30)(H,27,28,29). The zero-order valence-corrected chi connectivity index (χ0v) is 17.1. The monoisotopic (exact) mass is 410 g/mol. The molecule has 0 atom stereocenters. The van der Waals surface area contributed by atoms with Gasteiger partial charge >= 0.3 is 0 Å². The van der Waals surface area contributed by atoms with Crippen molar-refractivity contribution in [3.8, 4) is 17.0 Å². The quantitative estimate of drug-likeness (QED) is 0.457. The highest BCUT2D eigenvalue weighted by Gasteiger charge is 2.08. The average Bonchev–Trinajstić information content (AvgIpc) is 2.84. The predicted molar refractivity (Wildman–Crippen MR) is 121 cm³/mol. The third-order valence-electron chi connectivity index (χ3n) is 4.75. The first-order chi connectivity index (χ1) is 15.2. The number of anilines is 2. The van der Waals surface area contributed by atoms with Crippen molar-refractivity contribution >= 4 is 17.4 Å². The molecule has 0 fully saturated rings. The molecule has 1 aromatic heterocycles. The van der Waals surface area contributed by atoms with Gasteiger partial charge in [0.25, 0.3) is 5.91 Å². The topological polar surface area (TPSA) is 76.1 Å². The van der Waals surface area contributed by atoms with Crippen LogP contribution in [0.1, 0.15) is 15.9 Å². The van der Waals surface area contributed by atoms with Crippen LogP contribution in [0.15, 0.2) is 91.3 Å². The van der Waals surface area contributed by atoms with E-state index in [1.807, 2.05) is 72.8 Å². The van der Waals surface area contributed by atoms with Gasteiger partial charge in [0.1, 0.15) is 17.9 Å². The van der Waals surface area contributed by atoms with E-state index in [2.05, 4.69) is 20.6 Å². The highest BCUT2D eigenvalue weighted by atomic mass is 16.5. The van der Waals surface area contributed by atoms with Crippen LogP contribution in [0.25, 0.3) is 11.3 Å². The molecule has 0 aliphatic carbocycles. The Bertz CT molecular complexity index is 1160. The summed E-state index contributed by atoms with van der Waals surface area (Å²) in [5, 5.41) is 6.19. The van der Waals surface area contributed by atoms with Gasteiger partial charge in [-0.05, 0) is 35.9 Å². The van der Waals surface area contributed by atoms with Crippen molar-refractivity contribution in [1.29, 1.82) is 0 Å². The normalized spacial score (nSPS) is 10.4. The number of aromatic nitrogens is 2. The summed E-state index contributed by atoms with van der Waals surface area (Å²) in [7, 11) is 1.63. The number of amides is 1. The highest BCUT2D eigenvalue weighted by molar-refractivity contribution is 5.95. The first-order valence-corrected chi connectivity index (χ1v) is 9.87. The molecule has 4 aromatic rings. The summed E-state index contributed by atoms with van der Waals surface area (Å²) < 4.78 is 5.16. The number of methoxy groups -OCH3 is 1. The first kappa shape index (κ1) is 20.1. The van der Waals surface area contributed by atoms with Gasteiger partial charge in [-0.1, -0.05) is 48.5 Å². The SMILES string of the molecule is COc1ccc(CNC(=O)c2cccc(Nc3cc(-c4ccccc4)ncn3)c2)cc1. The van der Waals surface area contributed by atoms with Gasteiger partial charge in [0.05, 0.1) is 12.8 Å². The van der Waals surface area contributed by atoms with Gasteiger partial charge in [-0.15, -0.1) is 0 Å². The minimum atomic E-state index is -0.146. The second-order valence-electron chi connectivity index (χ2n) is 6.89. The average molecular weight is 410 g/mol. The number of hydrogen-bond donors (Lipinski definition) is 2. The van der Waals surface area contributed by atoms with E-state index < -0.39 is 0 Å². The molecule has 31 heavy (non-hydrogen) atoms. The molecule has 6 nitrogen and oxygen atoms in total. The molecule has 0 saturated heterocycles. The molecule has 0 radical (unpaired) electrons. The lowest BCUT2D eigenvalue weighted by atomic mass is 10.1. The van der Waals surface area contributed by atoms with Crippen molar-refractivity contribution in [3.05, 3.63) is 102 Å². The first-order valence-electron chi connectivity index (χ1n) is 9.87. The zero-order chi connectivity index (χ0) is 21.5. The summed E-state index contributed by atoms with van der Waals surface area (Å²) in [6.07, 6.45) is 1.52. The Morgan fingerprint density at radius 1 is 0.903 bits per heavy atom. The van der Waals surface area contributed by atoms with Crippen LogP contribution in [0.5, 0.6) is 5.75 Å². The van der Waals surface area contributed by atoms with E-state index in [9.17, 15) is 4.79 Å². The molecular formula is C25H22N4O2. The van der Waals surface area contributed by atoms with E-state index >= 15 is 0 Å². The molecule has 1 heterocycles. The number of carbonyl (C=O) groups is 1. The van der Waals surface area contributed by atoms with Crippen LogP contribution < -0.4 is 15.4 Å². The van der Waals surface area contributed by atoms with Crippen LogP contribution in [-0.2, 0) is 6.54 Å². The number of nitrogens with one attached hydrogen (secondary N) is 2. The number of nitrogens with zero attached hydrogens (tertiary/aromatic N) is 2. The summed E-state index contributed by atoms with van der Waals surface area (Å²) in [5.74, 6) is 1.30. The van der Waals surface area contributed by atoms with Crippen LogP contribution in [0, 0.1) is 0 Å². The summed E-state index contributed by atoms with van der Waals surface area (Å²) in [6, 6.07) is 26.7. The molecule has 4 rings (SSSR count). The molecule has 0 aliphatic rings. The fourth-order valence-corrected chi connectivity index (χ4v) is 3.11. The Kier molecular flexibility index (Phi) is 6.18. The lowest BCUT2D eigenvalue weighted by Crippen LogP contribution is -2.22. The predicted octanol–water partition coefficient (Wildman–Crippen LogP) is 4.83. The van der Waals surface area contributed by atoms with Gasteiger partial charge in [-0.2, -0.15) is 0 Å². The third-order valence-corrected chi connectivity index (χ3v) is 4.75. The second kappa shape index (κ2) is 9.54. The van der Waals surface area contributed by atoms with Crippen molar-refractivity contribution in [1.82, 2.24) is 15.3 Å². The van der Waals surface area contributed by atoms with Crippen molar-refractivity contribution < 1.29 is 9.53 Å². The largest absolute Gasteiger partial charge is 0.497 e. The number of hydrogen-bond acceptors (Lipinski definition) is 5. The van der Waals surface area contributed by atoms with E-state index in [4.69, 9.17) is 4.74 Å². The molecule has 3 aromatic carbocycles. The van der Waals surface area contributed by atoms with Crippen molar-refractivity contribution in [2.75, 3.05) is 12.4 Å². The molecule has 154 valence electrons. The van der Waals surface area contributed by atoms with Crippen LogP contribution >= 0.6 is 0 Å². The number of benzene rings is 3. The molecule has 1 amide bonds. The Labute approximate surface area is 181 Å². The Morgan fingerprint density at radius 3 is 2.48 bits per heavy atom. The molecule has 0 spiro atoms. The third kappa shape index (κ3) is 5.25. The Balaban J connectivity index is 1.42. The Morgan fingerprint density at radius 2 is 1.71 bits per heavy atom. The van der Waals surface area contributed by atoms with Gasteiger partial charge in [0, 0.05) is 29.4 Å². The lowest BCUT2D eigenvalue weighted by molar-refractivity contribution is 0.0951. The molecule has 2 N–H and O–H groups in total. The summed E-state index contributed by atoms with van der Waals surface area (Å²) in [5.41, 5.74) is 4.18. The maximum absolute atomic E-state index is 12.6. The van der Waals surface area contributed by atoms with Crippen LogP contribution in [0.3, 0.4) is 0 Å². The smallest absolute Gasteiger partial charge is 0.251 e. The number of ether oxygens (including phenoxy) is 1. The van der Waals surface area contributed by atoms with Gasteiger partial charge < -0.3 is 15.4 Å². The molecule has 0 saturated carbocycles. The van der Waals surface area contributed by atoms with Crippen LogP contribution in [0.2, 0.25) is 0 Å². The van der Waals surface area contributed by atoms with Gasteiger partial charge in [0.15, 0.2) is 0 Å². The Hall–Kier alpha value is -4.19. The summed E-state index contributed by atoms with van der Waals surface area (Å²) in [6.45, 7) is 0.437. The summed E-state index contributed by atoms with van der Waals surface area (Å²) >= 11 is 0. The van der Waals surface area contributed by atoms with Crippen LogP contribution in [0.4, 0.5) is 11.5 Å². The zero-order valence-electron chi connectivity index (χ0n) is 17.1. The van der Waals surface area contributed by atoms with Crippen molar-refractivity contribution in [2.45, 2.75) is 6.54 Å². The number of rotatable bonds is 7. The van der Waals surface area contributed by atoms with E-state index in [0.29, 0.717) is 17.9 Å². The molecular weight excluding hydrogens is 388 g/mol. The van der Waals surface area contributed by atoms with Gasteiger partial charge in [-0.3, -0.25) is 4.79 Å². The number of carbonyl (C=O) groups excluding carboxylic acids is 1. The molecule has 0 unspecified atom stereocenters.